The lowest BCUT2D eigenvalue weighted by atomic mass is 9.97. The average Bonchev–Trinajstić information content (AvgIpc) is 2.86. The molecule has 0 saturated heterocycles. The van der Waals surface area contributed by atoms with E-state index in [0.717, 1.165) is 16.1 Å². The summed E-state index contributed by atoms with van der Waals surface area (Å²) in [5, 5.41) is 23.5. The summed E-state index contributed by atoms with van der Waals surface area (Å²) >= 11 is 3.45. The maximum Gasteiger partial charge on any atom is 0.256 e. The lowest BCUT2D eigenvalue weighted by Gasteiger charge is -2.16. The number of hydrazone groups is 1. The highest BCUT2D eigenvalue weighted by Gasteiger charge is 2.21. The third kappa shape index (κ3) is 4.65. The summed E-state index contributed by atoms with van der Waals surface area (Å²) in [6, 6.07) is 20.4. The van der Waals surface area contributed by atoms with Crippen molar-refractivity contribution in [1.29, 1.82) is 10.7 Å². The number of carbonyl (C=O) groups excluding carboxylic acids is 1. The Labute approximate surface area is 208 Å². The molecule has 4 aromatic rings. The summed E-state index contributed by atoms with van der Waals surface area (Å²) in [4.78, 5) is 18.2. The Bertz CT molecular complexity index is 1560. The van der Waals surface area contributed by atoms with Crippen molar-refractivity contribution >= 4 is 49.9 Å². The van der Waals surface area contributed by atoms with Gasteiger partial charge in [-0.05, 0) is 42.8 Å². The molecule has 0 unspecified atom stereocenters. The van der Waals surface area contributed by atoms with Gasteiger partial charge in [0.15, 0.2) is 5.71 Å². The fraction of sp³-hybridized carbons (Fsp3) is 0.0385. The first-order chi connectivity index (χ1) is 16.8. The van der Waals surface area contributed by atoms with Gasteiger partial charge >= 0.3 is 0 Å². The van der Waals surface area contributed by atoms with Gasteiger partial charge < -0.3 is 11.2 Å². The van der Waals surface area contributed by atoms with E-state index in [9.17, 15) is 9.18 Å². The van der Waals surface area contributed by atoms with Gasteiger partial charge in [-0.3, -0.25) is 10.2 Å². The molecule has 0 aliphatic heterocycles. The van der Waals surface area contributed by atoms with Crippen LogP contribution in [-0.2, 0) is 0 Å². The summed E-state index contributed by atoms with van der Waals surface area (Å²) in [7, 11) is 0. The van der Waals surface area contributed by atoms with E-state index in [4.69, 9.17) is 21.5 Å². The fourth-order valence-corrected chi connectivity index (χ4v) is 4.10. The molecule has 0 bridgehead atoms. The minimum Gasteiger partial charge on any atom is -0.322 e. The van der Waals surface area contributed by atoms with Gasteiger partial charge in [0.1, 0.15) is 11.9 Å². The van der Waals surface area contributed by atoms with Crippen molar-refractivity contribution in [2.45, 2.75) is 6.92 Å². The Morgan fingerprint density at radius 1 is 1.17 bits per heavy atom. The molecule has 1 heterocycles. The van der Waals surface area contributed by atoms with Crippen LogP contribution in [0.25, 0.3) is 22.2 Å². The molecule has 7 nitrogen and oxygen atoms in total. The first kappa shape index (κ1) is 23.7. The van der Waals surface area contributed by atoms with Gasteiger partial charge in [0.05, 0.1) is 28.2 Å². The van der Waals surface area contributed by atoms with E-state index >= 15 is 0 Å². The number of benzene rings is 3. The normalized spacial score (nSPS) is 11.2. The Morgan fingerprint density at radius 3 is 2.57 bits per heavy atom. The van der Waals surface area contributed by atoms with E-state index in [2.05, 4.69) is 26.3 Å². The predicted octanol–water partition coefficient (Wildman–Crippen LogP) is 5.57. The number of rotatable bonds is 5. The molecule has 0 saturated carbocycles. The minimum absolute atomic E-state index is 0.0737. The molecule has 1 amide bonds. The molecule has 172 valence electrons. The molecule has 1 aromatic heterocycles. The molecular formula is C26H18BrFN6O. The Hall–Kier alpha value is -4.42. The third-order valence-electron chi connectivity index (χ3n) is 5.44. The van der Waals surface area contributed by atoms with Gasteiger partial charge in [-0.2, -0.15) is 10.4 Å². The molecule has 0 aliphatic rings. The molecule has 4 N–H and O–H groups in total. The highest BCUT2D eigenvalue weighted by Crippen LogP contribution is 2.32. The molecular weight excluding hydrogens is 511 g/mol. The van der Waals surface area contributed by atoms with Gasteiger partial charge in [0, 0.05) is 21.0 Å². The number of nitrogens with one attached hydrogen (secondary N) is 2. The van der Waals surface area contributed by atoms with E-state index in [1.807, 2.05) is 42.5 Å². The number of nitrogens with two attached hydrogens (primary N) is 1. The maximum atomic E-state index is 14.9. The first-order valence-corrected chi connectivity index (χ1v) is 11.2. The summed E-state index contributed by atoms with van der Waals surface area (Å²) in [5.41, 5.74) is 2.52. The largest absolute Gasteiger partial charge is 0.322 e. The number of fused-ring (bicyclic) bond motifs is 1. The number of aromatic nitrogens is 1. The van der Waals surface area contributed by atoms with Crippen molar-refractivity contribution in [3.63, 3.8) is 0 Å². The third-order valence-corrected chi connectivity index (χ3v) is 5.94. The second-order valence-electron chi connectivity index (χ2n) is 7.60. The average molecular weight is 529 g/mol. The monoisotopic (exact) mass is 528 g/mol. The van der Waals surface area contributed by atoms with Crippen molar-refractivity contribution in [1.82, 2.24) is 4.98 Å². The second-order valence-corrected chi connectivity index (χ2v) is 8.52. The van der Waals surface area contributed by atoms with Gasteiger partial charge in [-0.15, -0.1) is 0 Å². The highest BCUT2D eigenvalue weighted by atomic mass is 79.9. The fourth-order valence-electron chi connectivity index (χ4n) is 3.74. The van der Waals surface area contributed by atoms with Gasteiger partial charge in [0.2, 0.25) is 0 Å². The Balaban J connectivity index is 1.78. The van der Waals surface area contributed by atoms with Crippen LogP contribution in [0.2, 0.25) is 0 Å². The molecule has 4 rings (SSSR count). The number of anilines is 1. The lowest BCUT2D eigenvalue weighted by Crippen LogP contribution is -2.17. The Morgan fingerprint density at radius 2 is 1.91 bits per heavy atom. The van der Waals surface area contributed by atoms with Crippen molar-refractivity contribution in [3.05, 3.63) is 93.7 Å². The van der Waals surface area contributed by atoms with Crippen LogP contribution in [0.4, 0.5) is 10.1 Å². The molecule has 0 fully saturated rings. The minimum atomic E-state index is -0.768. The smallest absolute Gasteiger partial charge is 0.256 e. The van der Waals surface area contributed by atoms with Crippen LogP contribution < -0.4 is 11.2 Å². The van der Waals surface area contributed by atoms with Gasteiger partial charge in [-0.1, -0.05) is 52.3 Å². The van der Waals surface area contributed by atoms with Crippen LogP contribution in [0.1, 0.15) is 21.5 Å². The molecule has 9 heteroatoms. The molecule has 0 aliphatic carbocycles. The van der Waals surface area contributed by atoms with E-state index in [1.54, 1.807) is 19.1 Å². The zero-order valence-electron chi connectivity index (χ0n) is 18.4. The SMILES string of the molecule is Cc1c(-c2ccccc2)nc2ccc(Br)cc2c1C(=O)Nc1ccc(C(=N)/C(C#N)=N\N)cc1F. The summed E-state index contributed by atoms with van der Waals surface area (Å²) < 4.78 is 15.7. The quantitative estimate of drug-likeness (QED) is 0.177. The Kier molecular flexibility index (Phi) is 6.66. The van der Waals surface area contributed by atoms with Crippen LogP contribution in [0.5, 0.6) is 0 Å². The highest BCUT2D eigenvalue weighted by molar-refractivity contribution is 9.10. The number of nitrogens with zero attached hydrogens (tertiary/aromatic N) is 3. The number of nitriles is 1. The van der Waals surface area contributed by atoms with Crippen molar-refractivity contribution in [2.24, 2.45) is 10.9 Å². The molecule has 0 radical (unpaired) electrons. The topological polar surface area (TPSA) is 128 Å². The number of carbonyl (C=O) groups is 1. The van der Waals surface area contributed by atoms with Crippen molar-refractivity contribution in [3.8, 4) is 17.3 Å². The molecule has 0 atom stereocenters. The van der Waals surface area contributed by atoms with Crippen LogP contribution in [0, 0.1) is 29.5 Å². The summed E-state index contributed by atoms with van der Waals surface area (Å²) in [6.07, 6.45) is 0. The predicted molar refractivity (Wildman–Crippen MR) is 138 cm³/mol. The first-order valence-electron chi connectivity index (χ1n) is 10.4. The van der Waals surface area contributed by atoms with Crippen LogP contribution in [0.15, 0.2) is 76.3 Å². The number of hydrogen-bond donors (Lipinski definition) is 3. The van der Waals surface area contributed by atoms with E-state index in [0.29, 0.717) is 27.7 Å². The number of pyridine rings is 1. The summed E-state index contributed by atoms with van der Waals surface area (Å²) in [6.45, 7) is 1.81. The van der Waals surface area contributed by atoms with E-state index in [1.165, 1.54) is 12.1 Å². The van der Waals surface area contributed by atoms with Crippen LogP contribution in [-0.4, -0.2) is 22.3 Å². The van der Waals surface area contributed by atoms with Gasteiger partial charge in [-0.25, -0.2) is 9.37 Å². The second kappa shape index (κ2) is 9.83. The number of amides is 1. The standard InChI is InChI=1S/C26H18BrFN6O/c1-14-23(18-12-17(27)8-10-20(18)32-25(14)15-5-3-2-4-6-15)26(35)33-21-9-7-16(11-19(21)28)24(30)22(13-29)34-31/h2-12,30H,31H2,1H3,(H,33,35)/b30-24?,34-22-. The molecule has 3 aromatic carbocycles. The zero-order valence-corrected chi connectivity index (χ0v) is 20.0. The molecule has 0 spiro atoms. The maximum absolute atomic E-state index is 14.9. The van der Waals surface area contributed by atoms with E-state index in [-0.39, 0.29) is 22.7 Å². The number of halogens is 2. The lowest BCUT2D eigenvalue weighted by molar-refractivity contribution is 0.102. The van der Waals surface area contributed by atoms with Crippen LogP contribution in [0.3, 0.4) is 0 Å². The zero-order chi connectivity index (χ0) is 25.1. The van der Waals surface area contributed by atoms with Gasteiger partial charge in [0.25, 0.3) is 5.91 Å². The summed E-state index contributed by atoms with van der Waals surface area (Å²) in [5.74, 6) is 3.84. The number of hydrogen-bond acceptors (Lipinski definition) is 6. The van der Waals surface area contributed by atoms with Crippen molar-refractivity contribution < 1.29 is 9.18 Å². The van der Waals surface area contributed by atoms with E-state index < -0.39 is 11.7 Å². The van der Waals surface area contributed by atoms with Crippen LogP contribution >= 0.6 is 15.9 Å². The van der Waals surface area contributed by atoms with Crippen molar-refractivity contribution in [2.75, 3.05) is 5.32 Å². The molecule has 35 heavy (non-hydrogen) atoms.